The first-order valence-corrected chi connectivity index (χ1v) is 6.52. The molecule has 0 aromatic carbocycles. The van der Waals surface area contributed by atoms with E-state index in [1.165, 1.54) is 0 Å². The first-order valence-electron chi connectivity index (χ1n) is 6.52. The molecule has 0 aromatic heterocycles. The van der Waals surface area contributed by atoms with Gasteiger partial charge in [-0.2, -0.15) is 0 Å². The minimum atomic E-state index is -0.0579. The summed E-state index contributed by atoms with van der Waals surface area (Å²) in [4.78, 5) is 4.47. The van der Waals surface area contributed by atoms with Gasteiger partial charge in [0.25, 0.3) is 0 Å². The Bertz CT molecular complexity index is 279. The van der Waals surface area contributed by atoms with Crippen LogP contribution in [0.25, 0.3) is 0 Å². The van der Waals surface area contributed by atoms with Crippen LogP contribution in [0.15, 0.2) is 4.99 Å². The van der Waals surface area contributed by atoms with Gasteiger partial charge >= 0.3 is 0 Å². The van der Waals surface area contributed by atoms with Gasteiger partial charge in [0, 0.05) is 31.3 Å². The third-order valence-corrected chi connectivity index (χ3v) is 3.09. The lowest BCUT2D eigenvalue weighted by molar-refractivity contribution is -0.0223. The summed E-state index contributed by atoms with van der Waals surface area (Å²) in [6.07, 6.45) is 1.96. The van der Waals surface area contributed by atoms with E-state index in [-0.39, 0.29) is 34.9 Å². The van der Waals surface area contributed by atoms with Crippen molar-refractivity contribution in [1.82, 2.24) is 5.32 Å². The number of aliphatic imine (C=N–C) groups is 1. The summed E-state index contributed by atoms with van der Waals surface area (Å²) in [6, 6.07) is 0. The Kier molecular flexibility index (Phi) is 8.23. The summed E-state index contributed by atoms with van der Waals surface area (Å²) in [7, 11) is 1.73. The average molecular weight is 385 g/mol. The van der Waals surface area contributed by atoms with E-state index in [9.17, 15) is 0 Å². The van der Waals surface area contributed by atoms with Crippen molar-refractivity contribution in [2.24, 2.45) is 16.1 Å². The molecule has 1 aliphatic rings. The summed E-state index contributed by atoms with van der Waals surface area (Å²) < 4.78 is 10.7. The van der Waals surface area contributed by atoms with Gasteiger partial charge in [-0.05, 0) is 33.6 Å². The van der Waals surface area contributed by atoms with E-state index in [4.69, 9.17) is 15.2 Å². The maximum Gasteiger partial charge on any atom is 0.189 e. The van der Waals surface area contributed by atoms with Crippen LogP contribution in [0.5, 0.6) is 0 Å². The van der Waals surface area contributed by atoms with Gasteiger partial charge in [-0.15, -0.1) is 24.0 Å². The van der Waals surface area contributed by atoms with E-state index >= 15 is 0 Å². The van der Waals surface area contributed by atoms with Gasteiger partial charge in [-0.25, -0.2) is 0 Å². The van der Waals surface area contributed by atoms with Crippen LogP contribution in [0, 0.1) is 5.41 Å². The molecule has 1 saturated heterocycles. The van der Waals surface area contributed by atoms with Crippen LogP contribution in [-0.2, 0) is 9.47 Å². The van der Waals surface area contributed by atoms with E-state index in [0.29, 0.717) is 19.1 Å². The van der Waals surface area contributed by atoms with Crippen molar-refractivity contribution in [2.45, 2.75) is 39.2 Å². The topological polar surface area (TPSA) is 68.9 Å². The van der Waals surface area contributed by atoms with Gasteiger partial charge in [0.15, 0.2) is 5.96 Å². The summed E-state index contributed by atoms with van der Waals surface area (Å²) in [5.74, 6) is 0.504. The van der Waals surface area contributed by atoms with Gasteiger partial charge in [-0.3, -0.25) is 4.99 Å². The Morgan fingerprint density at radius 3 is 2.42 bits per heavy atom. The van der Waals surface area contributed by atoms with Crippen LogP contribution in [0.3, 0.4) is 0 Å². The molecule has 1 aliphatic heterocycles. The molecule has 1 fully saturated rings. The molecule has 1 heterocycles. The highest BCUT2D eigenvalue weighted by molar-refractivity contribution is 14.0. The third kappa shape index (κ3) is 7.31. The molecule has 6 heteroatoms. The lowest BCUT2D eigenvalue weighted by Gasteiger charge is -2.35. The molecule has 0 atom stereocenters. The zero-order chi connectivity index (χ0) is 13.6. The van der Waals surface area contributed by atoms with E-state index in [2.05, 4.69) is 31.1 Å². The first kappa shape index (κ1) is 18.9. The third-order valence-electron chi connectivity index (χ3n) is 3.09. The average Bonchev–Trinajstić information content (AvgIpc) is 2.26. The number of nitrogens with zero attached hydrogens (tertiary/aromatic N) is 1. The monoisotopic (exact) mass is 385 g/mol. The van der Waals surface area contributed by atoms with Crippen molar-refractivity contribution < 1.29 is 9.47 Å². The predicted molar refractivity (Wildman–Crippen MR) is 89.2 cm³/mol. The maximum atomic E-state index is 5.90. The van der Waals surface area contributed by atoms with E-state index in [0.717, 1.165) is 26.1 Å². The zero-order valence-electron chi connectivity index (χ0n) is 12.5. The predicted octanol–water partition coefficient (Wildman–Crippen LogP) is 1.75. The fraction of sp³-hybridized carbons (Fsp3) is 0.923. The summed E-state index contributed by atoms with van der Waals surface area (Å²) in [5, 5.41) is 3.17. The molecule has 0 radical (unpaired) electrons. The second-order valence-electron chi connectivity index (χ2n) is 6.12. The van der Waals surface area contributed by atoms with Crippen molar-refractivity contribution in [3.63, 3.8) is 0 Å². The first-order chi connectivity index (χ1) is 8.37. The summed E-state index contributed by atoms with van der Waals surface area (Å²) in [6.45, 7) is 9.16. The molecule has 1 rings (SSSR count). The zero-order valence-corrected chi connectivity index (χ0v) is 14.8. The van der Waals surface area contributed by atoms with Crippen LogP contribution in [0.1, 0.15) is 33.6 Å². The van der Waals surface area contributed by atoms with Crippen LogP contribution in [0.2, 0.25) is 0 Å². The molecule has 0 unspecified atom stereocenters. The fourth-order valence-electron chi connectivity index (χ4n) is 2.14. The lowest BCUT2D eigenvalue weighted by atomic mass is 9.81. The highest BCUT2D eigenvalue weighted by Crippen LogP contribution is 2.31. The van der Waals surface area contributed by atoms with Gasteiger partial charge in [0.2, 0.25) is 0 Å². The van der Waals surface area contributed by atoms with Gasteiger partial charge in [0.1, 0.15) is 0 Å². The molecule has 5 nitrogen and oxygen atoms in total. The van der Waals surface area contributed by atoms with Crippen molar-refractivity contribution in [1.29, 1.82) is 0 Å². The molecule has 114 valence electrons. The number of guanidine groups is 1. The molecule has 0 amide bonds. The number of halogens is 1. The lowest BCUT2D eigenvalue weighted by Crippen LogP contribution is -2.46. The van der Waals surface area contributed by atoms with Crippen molar-refractivity contribution in [2.75, 3.05) is 33.5 Å². The number of nitrogens with one attached hydrogen (secondary N) is 1. The Balaban J connectivity index is 0.00000324. The minimum Gasteiger partial charge on any atom is -0.384 e. The fourth-order valence-corrected chi connectivity index (χ4v) is 2.14. The standard InChI is InChI=1S/C13H27N3O2.HI/c1-12(2,3)16-11(14)15-9-13(10-17-4)5-7-18-8-6-13;/h5-10H2,1-4H3,(H3,14,15,16);1H. The number of methoxy groups -OCH3 is 1. The van der Waals surface area contributed by atoms with Crippen LogP contribution in [0.4, 0.5) is 0 Å². The van der Waals surface area contributed by atoms with Gasteiger partial charge < -0.3 is 20.5 Å². The molecule has 0 aromatic rings. The maximum absolute atomic E-state index is 5.90. The van der Waals surface area contributed by atoms with Gasteiger partial charge in [0.05, 0.1) is 13.2 Å². The minimum absolute atomic E-state index is 0. The van der Waals surface area contributed by atoms with Crippen LogP contribution < -0.4 is 11.1 Å². The largest absolute Gasteiger partial charge is 0.384 e. The van der Waals surface area contributed by atoms with E-state index in [1.807, 2.05) is 0 Å². The Labute approximate surface area is 133 Å². The number of hydrogen-bond donors (Lipinski definition) is 2. The SMILES string of the molecule is COCC1(CN=C(N)NC(C)(C)C)CCOCC1.I. The smallest absolute Gasteiger partial charge is 0.189 e. The molecule has 3 N–H and O–H groups in total. The van der Waals surface area contributed by atoms with Crippen LogP contribution >= 0.6 is 24.0 Å². The van der Waals surface area contributed by atoms with Crippen molar-refractivity contribution in [3.8, 4) is 0 Å². The number of rotatable bonds is 4. The molecule has 0 bridgehead atoms. The highest BCUT2D eigenvalue weighted by Gasteiger charge is 2.32. The number of ether oxygens (including phenoxy) is 2. The number of nitrogens with two attached hydrogens (primary N) is 1. The molecular formula is C13H28IN3O2. The Morgan fingerprint density at radius 2 is 1.95 bits per heavy atom. The molecule has 0 saturated carbocycles. The Hall–Kier alpha value is -0.0800. The van der Waals surface area contributed by atoms with E-state index < -0.39 is 0 Å². The number of hydrogen-bond acceptors (Lipinski definition) is 3. The van der Waals surface area contributed by atoms with Gasteiger partial charge in [-0.1, -0.05) is 0 Å². The quantitative estimate of drug-likeness (QED) is 0.440. The normalized spacial score (nSPS) is 19.7. The molecule has 19 heavy (non-hydrogen) atoms. The Morgan fingerprint density at radius 1 is 1.37 bits per heavy atom. The van der Waals surface area contributed by atoms with Crippen molar-refractivity contribution >= 4 is 29.9 Å². The highest BCUT2D eigenvalue weighted by atomic mass is 127. The second-order valence-corrected chi connectivity index (χ2v) is 6.12. The van der Waals surface area contributed by atoms with Crippen molar-refractivity contribution in [3.05, 3.63) is 0 Å². The summed E-state index contributed by atoms with van der Waals surface area (Å²) >= 11 is 0. The molecule has 0 spiro atoms. The second kappa shape index (κ2) is 8.26. The molecule has 0 aliphatic carbocycles. The van der Waals surface area contributed by atoms with Crippen LogP contribution in [-0.4, -0.2) is 45.0 Å². The van der Waals surface area contributed by atoms with E-state index in [1.54, 1.807) is 7.11 Å². The summed E-state index contributed by atoms with van der Waals surface area (Å²) in [5.41, 5.74) is 5.92. The molecular weight excluding hydrogens is 357 g/mol.